The fourth-order valence-electron chi connectivity index (χ4n) is 8.51. The Morgan fingerprint density at radius 2 is 0.757 bits per heavy atom. The summed E-state index contributed by atoms with van der Waals surface area (Å²) in [5, 5.41) is 12.7. The molecular weight excluding hydrogens is 885 g/mol. The Labute approximate surface area is 412 Å². The lowest BCUT2D eigenvalue weighted by molar-refractivity contribution is -0.375. The van der Waals surface area contributed by atoms with E-state index in [4.69, 9.17) is 47.4 Å². The van der Waals surface area contributed by atoms with Crippen LogP contribution in [-0.4, -0.2) is 79.7 Å². The number of benzene rings is 6. The maximum Gasteiger partial charge on any atom is 0.228 e. The fourth-order valence-corrected chi connectivity index (χ4v) is 8.51. The topological polar surface area (TPSA) is 113 Å². The maximum absolute atomic E-state index is 12.7. The Morgan fingerprint density at radius 1 is 0.414 bits per heavy atom. The molecule has 0 unspecified atom stereocenters. The molecule has 10 atom stereocenters. The van der Waals surface area contributed by atoms with Crippen molar-refractivity contribution in [2.45, 2.75) is 121 Å². The van der Waals surface area contributed by atoms with Gasteiger partial charge in [0, 0.05) is 0 Å². The molecule has 11 nitrogen and oxygen atoms in total. The first-order chi connectivity index (χ1) is 34.6. The normalized spacial score (nSPS) is 24.7. The second-order valence-electron chi connectivity index (χ2n) is 17.5. The summed E-state index contributed by atoms with van der Waals surface area (Å²) in [7, 11) is 0. The van der Waals surface area contributed by atoms with Gasteiger partial charge in [0.1, 0.15) is 42.7 Å². The van der Waals surface area contributed by atoms with Crippen molar-refractivity contribution in [2.24, 2.45) is 0 Å². The van der Waals surface area contributed by atoms with Crippen molar-refractivity contribution < 1.29 is 52.5 Å². The molecule has 0 amide bonds. The number of aliphatic hydroxyl groups excluding tert-OH is 1. The van der Waals surface area contributed by atoms with E-state index in [-0.39, 0.29) is 39.6 Å². The van der Waals surface area contributed by atoms with E-state index in [2.05, 4.69) is 6.92 Å². The van der Waals surface area contributed by atoms with Gasteiger partial charge in [-0.15, -0.1) is 0 Å². The zero-order valence-electron chi connectivity index (χ0n) is 39.8. The highest BCUT2D eigenvalue weighted by molar-refractivity contribution is 5.18. The molecule has 0 aliphatic carbocycles. The van der Waals surface area contributed by atoms with Crippen molar-refractivity contribution in [1.29, 1.82) is 0 Å². The van der Waals surface area contributed by atoms with Gasteiger partial charge < -0.3 is 52.5 Å². The summed E-state index contributed by atoms with van der Waals surface area (Å²) in [6, 6.07) is 59.6. The third kappa shape index (κ3) is 15.2. The van der Waals surface area contributed by atoms with Gasteiger partial charge in [-0.25, -0.2) is 0 Å². The molecule has 8 rings (SSSR count). The van der Waals surface area contributed by atoms with Crippen molar-refractivity contribution >= 4 is 0 Å². The fraction of sp³-hybridized carbons (Fsp3) is 0.356. The van der Waals surface area contributed by atoms with E-state index in [1.165, 1.54) is 0 Å². The minimum absolute atomic E-state index is 0.102. The largest absolute Gasteiger partial charge is 0.470 e. The number of aliphatic hydroxyl groups is 1. The minimum atomic E-state index is -1.36. The summed E-state index contributed by atoms with van der Waals surface area (Å²) in [6.07, 6.45) is -4.18. The minimum Gasteiger partial charge on any atom is -0.470 e. The van der Waals surface area contributed by atoms with Crippen molar-refractivity contribution in [3.8, 4) is 0 Å². The molecule has 2 aliphatic heterocycles. The van der Waals surface area contributed by atoms with Gasteiger partial charge >= 0.3 is 0 Å². The van der Waals surface area contributed by atoms with Crippen LogP contribution in [0.25, 0.3) is 0 Å². The highest BCUT2D eigenvalue weighted by atomic mass is 16.8. The molecular formula is C59H66O11. The first-order valence-electron chi connectivity index (χ1n) is 24.4. The SMILES string of the molecule is CCCC=CO[C@@H]1O[C@H](COCc2ccccc2)[C@@H](OCc2ccccc2)[C@H](OCc2ccccc2)[C@@H]1O[C@@H]1O[C@H](COCc2ccccc2)[C@@H](OCc2ccccc2)[C@H](OCc2ccccc2)[C@H]1O. The van der Waals surface area contributed by atoms with Crippen LogP contribution in [0.1, 0.15) is 53.1 Å². The maximum atomic E-state index is 12.7. The summed E-state index contributed by atoms with van der Waals surface area (Å²) in [4.78, 5) is 0. The van der Waals surface area contributed by atoms with E-state index in [1.54, 1.807) is 6.26 Å². The average molecular weight is 951 g/mol. The Morgan fingerprint density at radius 3 is 1.16 bits per heavy atom. The summed E-state index contributed by atoms with van der Waals surface area (Å²) in [5.41, 5.74) is 5.83. The van der Waals surface area contributed by atoms with Gasteiger partial charge in [-0.3, -0.25) is 0 Å². The van der Waals surface area contributed by atoms with Crippen LogP contribution < -0.4 is 0 Å². The monoisotopic (exact) mass is 950 g/mol. The highest BCUT2D eigenvalue weighted by Gasteiger charge is 2.54. The Hall–Kier alpha value is -5.54. The predicted octanol–water partition coefficient (Wildman–Crippen LogP) is 10.3. The number of hydrogen-bond acceptors (Lipinski definition) is 11. The smallest absolute Gasteiger partial charge is 0.228 e. The standard InChI is InChI=1S/C59H66O11/c1-2-3-22-35-63-59-57(56(67-41-49-33-20-9-21-34-49)54(65-39-47-29-16-7-17-30-47)51(69-59)43-62-37-45-25-12-5-13-26-45)70-58-52(60)55(66-40-48-31-18-8-19-32-48)53(64-38-46-27-14-6-15-28-46)50(68-58)42-61-36-44-23-10-4-11-24-44/h4-35,50-60H,2-3,36-43H2,1H3/t50-,51-,52-,53-,54-,55-,56+,57+,58+,59-/m1/s1. The number of allylic oxidation sites excluding steroid dienone is 1. The number of ether oxygens (including phenoxy) is 10. The number of unbranched alkanes of at least 4 members (excludes halogenated alkanes) is 1. The quantitative estimate of drug-likeness (QED) is 0.0525. The van der Waals surface area contributed by atoms with E-state index in [1.807, 2.05) is 188 Å². The number of hydrogen-bond donors (Lipinski definition) is 1. The van der Waals surface area contributed by atoms with Crippen LogP contribution in [-0.2, 0) is 87.0 Å². The molecule has 6 aromatic carbocycles. The van der Waals surface area contributed by atoms with Crippen molar-refractivity contribution in [3.05, 3.63) is 228 Å². The van der Waals surface area contributed by atoms with E-state index in [0.29, 0.717) is 13.2 Å². The zero-order valence-corrected chi connectivity index (χ0v) is 39.8. The molecule has 70 heavy (non-hydrogen) atoms. The summed E-state index contributed by atoms with van der Waals surface area (Å²) < 4.78 is 67.5. The molecule has 0 spiro atoms. The van der Waals surface area contributed by atoms with Gasteiger partial charge in [0.05, 0.1) is 59.1 Å². The predicted molar refractivity (Wildman–Crippen MR) is 266 cm³/mol. The van der Waals surface area contributed by atoms with Crippen molar-refractivity contribution in [3.63, 3.8) is 0 Å². The average Bonchev–Trinajstić information content (AvgIpc) is 3.41. The van der Waals surface area contributed by atoms with Crippen LogP contribution in [0.5, 0.6) is 0 Å². The molecule has 0 radical (unpaired) electrons. The molecule has 2 heterocycles. The first kappa shape index (κ1) is 50.8. The molecule has 0 aromatic heterocycles. The molecule has 11 heteroatoms. The van der Waals surface area contributed by atoms with Gasteiger partial charge in [0.25, 0.3) is 0 Å². The molecule has 0 bridgehead atoms. The Bertz CT molecular complexity index is 2340. The highest BCUT2D eigenvalue weighted by Crippen LogP contribution is 2.36. The third-order valence-corrected chi connectivity index (χ3v) is 12.2. The Balaban J connectivity index is 1.14. The van der Waals surface area contributed by atoms with Gasteiger partial charge in [0.2, 0.25) is 6.29 Å². The third-order valence-electron chi connectivity index (χ3n) is 12.2. The molecule has 2 aliphatic rings. The van der Waals surface area contributed by atoms with Crippen LogP contribution in [0.2, 0.25) is 0 Å². The van der Waals surface area contributed by atoms with Crippen LogP contribution in [0.15, 0.2) is 194 Å². The van der Waals surface area contributed by atoms with Gasteiger partial charge in [0.15, 0.2) is 12.4 Å². The summed E-state index contributed by atoms with van der Waals surface area (Å²) >= 11 is 0. The van der Waals surface area contributed by atoms with E-state index >= 15 is 0 Å². The van der Waals surface area contributed by atoms with E-state index in [9.17, 15) is 5.11 Å². The number of rotatable bonds is 26. The van der Waals surface area contributed by atoms with Crippen LogP contribution in [0.3, 0.4) is 0 Å². The van der Waals surface area contributed by atoms with Crippen LogP contribution in [0.4, 0.5) is 0 Å². The van der Waals surface area contributed by atoms with Gasteiger partial charge in [-0.2, -0.15) is 0 Å². The second kappa shape index (κ2) is 27.7. The molecule has 6 aromatic rings. The first-order valence-corrected chi connectivity index (χ1v) is 24.4. The van der Waals surface area contributed by atoms with Crippen LogP contribution in [0, 0.1) is 0 Å². The van der Waals surface area contributed by atoms with Gasteiger partial charge in [-0.05, 0) is 45.9 Å². The van der Waals surface area contributed by atoms with Gasteiger partial charge in [-0.1, -0.05) is 195 Å². The Kier molecular flexibility index (Phi) is 20.1. The molecule has 0 saturated carbocycles. The molecule has 1 N–H and O–H groups in total. The molecule has 2 saturated heterocycles. The lowest BCUT2D eigenvalue weighted by atomic mass is 9.96. The second-order valence-corrected chi connectivity index (χ2v) is 17.5. The van der Waals surface area contributed by atoms with Crippen molar-refractivity contribution in [2.75, 3.05) is 13.2 Å². The molecule has 368 valence electrons. The van der Waals surface area contributed by atoms with Crippen molar-refractivity contribution in [1.82, 2.24) is 0 Å². The van der Waals surface area contributed by atoms with E-state index < -0.39 is 61.4 Å². The molecule has 2 fully saturated rings. The lowest BCUT2D eigenvalue weighted by Crippen LogP contribution is -2.66. The van der Waals surface area contributed by atoms with E-state index in [0.717, 1.165) is 46.2 Å². The summed E-state index contributed by atoms with van der Waals surface area (Å²) in [5.74, 6) is 0. The zero-order chi connectivity index (χ0) is 48.0. The summed E-state index contributed by atoms with van der Waals surface area (Å²) in [6.45, 7) is 3.96. The lowest BCUT2D eigenvalue weighted by Gasteiger charge is -2.49. The van der Waals surface area contributed by atoms with Crippen LogP contribution >= 0.6 is 0 Å².